The van der Waals surface area contributed by atoms with E-state index in [1.165, 1.54) is 5.56 Å². The maximum absolute atomic E-state index is 5.41. The molecule has 0 spiro atoms. The zero-order valence-corrected chi connectivity index (χ0v) is 10.7. The highest BCUT2D eigenvalue weighted by Crippen LogP contribution is 2.33. The third kappa shape index (κ3) is 2.33. The van der Waals surface area contributed by atoms with Gasteiger partial charge in [0, 0.05) is 6.07 Å². The van der Waals surface area contributed by atoms with Gasteiger partial charge in [0.05, 0.1) is 18.4 Å². The van der Waals surface area contributed by atoms with Gasteiger partial charge in [-0.05, 0) is 30.5 Å². The highest BCUT2D eigenvalue weighted by molar-refractivity contribution is 5.66. The maximum Gasteiger partial charge on any atom is 0.170 e. The molecule has 0 bridgehead atoms. The first-order chi connectivity index (χ1) is 8.11. The highest BCUT2D eigenvalue weighted by Gasteiger charge is 2.12. The van der Waals surface area contributed by atoms with E-state index in [0.717, 1.165) is 22.8 Å². The first-order valence-electron chi connectivity index (χ1n) is 5.73. The number of ether oxygens (including phenoxy) is 1. The van der Waals surface area contributed by atoms with Crippen LogP contribution in [0.15, 0.2) is 28.8 Å². The van der Waals surface area contributed by atoms with Crippen molar-refractivity contribution in [3.05, 3.63) is 35.5 Å². The van der Waals surface area contributed by atoms with E-state index in [0.29, 0.717) is 5.92 Å². The average molecular weight is 231 g/mol. The van der Waals surface area contributed by atoms with Crippen LogP contribution in [0.1, 0.15) is 31.0 Å². The average Bonchev–Trinajstić information content (AvgIpc) is 2.74. The highest BCUT2D eigenvalue weighted by atomic mass is 16.5. The first kappa shape index (κ1) is 11.7. The van der Waals surface area contributed by atoms with Crippen molar-refractivity contribution >= 4 is 0 Å². The molecule has 0 aliphatic heterocycles. The number of aromatic nitrogens is 1. The van der Waals surface area contributed by atoms with Crippen molar-refractivity contribution < 1.29 is 9.26 Å². The van der Waals surface area contributed by atoms with Crippen LogP contribution in [0, 0.1) is 6.92 Å². The van der Waals surface area contributed by atoms with Gasteiger partial charge in [-0.25, -0.2) is 0 Å². The number of rotatable bonds is 3. The van der Waals surface area contributed by atoms with Crippen molar-refractivity contribution in [1.82, 2.24) is 5.16 Å². The molecule has 0 N–H and O–H groups in total. The molecule has 2 rings (SSSR count). The molecular weight excluding hydrogens is 214 g/mol. The molecule has 2 aromatic rings. The zero-order valence-electron chi connectivity index (χ0n) is 10.7. The lowest BCUT2D eigenvalue weighted by Gasteiger charge is -2.10. The molecule has 0 aliphatic rings. The van der Waals surface area contributed by atoms with Crippen molar-refractivity contribution in [2.24, 2.45) is 0 Å². The molecule has 0 radical (unpaired) electrons. The normalized spacial score (nSPS) is 10.9. The molecule has 90 valence electrons. The number of aryl methyl sites for hydroxylation is 1. The van der Waals surface area contributed by atoms with Crippen molar-refractivity contribution in [3.8, 4) is 17.1 Å². The molecule has 1 heterocycles. The summed E-state index contributed by atoms with van der Waals surface area (Å²) < 4.78 is 10.7. The Morgan fingerprint density at radius 1 is 1.24 bits per heavy atom. The largest absolute Gasteiger partial charge is 0.496 e. The Morgan fingerprint density at radius 3 is 2.53 bits per heavy atom. The predicted molar refractivity (Wildman–Crippen MR) is 67.3 cm³/mol. The van der Waals surface area contributed by atoms with E-state index < -0.39 is 0 Å². The van der Waals surface area contributed by atoms with Crippen LogP contribution in [0.2, 0.25) is 0 Å². The predicted octanol–water partition coefficient (Wildman–Crippen LogP) is 3.78. The van der Waals surface area contributed by atoms with Gasteiger partial charge < -0.3 is 9.26 Å². The van der Waals surface area contributed by atoms with E-state index in [9.17, 15) is 0 Å². The molecule has 17 heavy (non-hydrogen) atoms. The Labute approximate surface area is 101 Å². The second-order valence-corrected chi connectivity index (χ2v) is 4.45. The Morgan fingerprint density at radius 2 is 2.00 bits per heavy atom. The van der Waals surface area contributed by atoms with Crippen LogP contribution < -0.4 is 4.74 Å². The van der Waals surface area contributed by atoms with Crippen LogP contribution in [0.3, 0.4) is 0 Å². The van der Waals surface area contributed by atoms with E-state index in [2.05, 4.69) is 31.1 Å². The summed E-state index contributed by atoms with van der Waals surface area (Å²) in [6.45, 7) is 6.22. The third-order valence-corrected chi connectivity index (χ3v) is 2.79. The summed E-state index contributed by atoms with van der Waals surface area (Å²) in [7, 11) is 1.67. The molecule has 0 saturated heterocycles. The number of hydrogen-bond donors (Lipinski definition) is 0. The molecule has 0 saturated carbocycles. The van der Waals surface area contributed by atoms with Crippen LogP contribution in [-0.2, 0) is 0 Å². The lowest BCUT2D eigenvalue weighted by molar-refractivity contribution is 0.404. The van der Waals surface area contributed by atoms with Gasteiger partial charge in [0.15, 0.2) is 5.76 Å². The van der Waals surface area contributed by atoms with Crippen LogP contribution in [0.25, 0.3) is 11.3 Å². The summed E-state index contributed by atoms with van der Waals surface area (Å²) in [6, 6.07) is 8.08. The number of nitrogens with zero attached hydrogens (tertiary/aromatic N) is 1. The van der Waals surface area contributed by atoms with Gasteiger partial charge in [-0.3, -0.25) is 0 Å². The van der Waals surface area contributed by atoms with Crippen LogP contribution in [0.5, 0.6) is 5.75 Å². The van der Waals surface area contributed by atoms with E-state index in [1.54, 1.807) is 7.11 Å². The molecular formula is C14H17NO2. The Kier molecular flexibility index (Phi) is 3.18. The van der Waals surface area contributed by atoms with Crippen molar-refractivity contribution in [2.45, 2.75) is 26.7 Å². The lowest BCUT2D eigenvalue weighted by atomic mass is 10.00. The van der Waals surface area contributed by atoms with Gasteiger partial charge in [-0.1, -0.05) is 25.1 Å². The maximum atomic E-state index is 5.41. The summed E-state index contributed by atoms with van der Waals surface area (Å²) in [5.41, 5.74) is 3.06. The monoisotopic (exact) mass is 231 g/mol. The fraction of sp³-hybridized carbons (Fsp3) is 0.357. The summed E-state index contributed by atoms with van der Waals surface area (Å²) >= 11 is 0. The van der Waals surface area contributed by atoms with Crippen molar-refractivity contribution in [1.29, 1.82) is 0 Å². The molecule has 1 aromatic carbocycles. The van der Waals surface area contributed by atoms with E-state index in [4.69, 9.17) is 9.26 Å². The van der Waals surface area contributed by atoms with Crippen LogP contribution in [0.4, 0.5) is 0 Å². The van der Waals surface area contributed by atoms with Gasteiger partial charge in [0.25, 0.3) is 0 Å². The van der Waals surface area contributed by atoms with Gasteiger partial charge in [0.1, 0.15) is 5.75 Å². The minimum Gasteiger partial charge on any atom is -0.496 e. The fourth-order valence-corrected chi connectivity index (χ4v) is 1.76. The summed E-state index contributed by atoms with van der Waals surface area (Å²) in [4.78, 5) is 0. The van der Waals surface area contributed by atoms with Gasteiger partial charge >= 0.3 is 0 Å². The molecule has 3 heteroatoms. The Bertz CT molecular complexity index is 515. The minimum atomic E-state index is 0.481. The molecule has 0 aliphatic carbocycles. The van der Waals surface area contributed by atoms with Gasteiger partial charge in [-0.2, -0.15) is 0 Å². The summed E-state index contributed by atoms with van der Waals surface area (Å²) in [5, 5.41) is 3.90. The second kappa shape index (κ2) is 4.62. The number of hydrogen-bond acceptors (Lipinski definition) is 3. The van der Waals surface area contributed by atoms with Crippen LogP contribution >= 0.6 is 0 Å². The lowest BCUT2D eigenvalue weighted by Crippen LogP contribution is -1.92. The van der Waals surface area contributed by atoms with Crippen LogP contribution in [-0.4, -0.2) is 12.3 Å². The fourth-order valence-electron chi connectivity index (χ4n) is 1.76. The van der Waals surface area contributed by atoms with Crippen molar-refractivity contribution in [3.63, 3.8) is 0 Å². The topological polar surface area (TPSA) is 35.3 Å². The number of benzene rings is 1. The van der Waals surface area contributed by atoms with E-state index in [1.807, 2.05) is 19.1 Å². The zero-order chi connectivity index (χ0) is 12.4. The summed E-state index contributed by atoms with van der Waals surface area (Å²) in [5.74, 6) is 2.05. The smallest absolute Gasteiger partial charge is 0.170 e. The Hall–Kier alpha value is -1.77. The van der Waals surface area contributed by atoms with Gasteiger partial charge in [0.2, 0.25) is 0 Å². The van der Waals surface area contributed by atoms with Crippen molar-refractivity contribution in [2.75, 3.05) is 7.11 Å². The molecule has 0 fully saturated rings. The first-order valence-corrected chi connectivity index (χ1v) is 5.73. The molecule has 0 unspecified atom stereocenters. The molecule has 0 atom stereocenters. The molecule has 0 amide bonds. The number of methoxy groups -OCH3 is 1. The SMILES string of the molecule is COc1cc(C(C)C)ccc1-c1cc(C)no1. The standard InChI is InChI=1S/C14H17NO2/c1-9(2)11-5-6-12(13(8-11)16-4)14-7-10(3)15-17-14/h5-9H,1-4H3. The molecule has 3 nitrogen and oxygen atoms in total. The third-order valence-electron chi connectivity index (χ3n) is 2.79. The van der Waals surface area contributed by atoms with E-state index >= 15 is 0 Å². The summed E-state index contributed by atoms with van der Waals surface area (Å²) in [6.07, 6.45) is 0. The van der Waals surface area contributed by atoms with E-state index in [-0.39, 0.29) is 0 Å². The Balaban J connectivity index is 2.48. The van der Waals surface area contributed by atoms with Gasteiger partial charge in [-0.15, -0.1) is 0 Å². The second-order valence-electron chi connectivity index (χ2n) is 4.45. The molecule has 1 aromatic heterocycles. The quantitative estimate of drug-likeness (QED) is 0.806. The minimum absolute atomic E-state index is 0.481.